The van der Waals surface area contributed by atoms with E-state index in [9.17, 15) is 0 Å². The number of nitrogens with zero attached hydrogens (tertiary/aromatic N) is 8. The molecule has 0 aliphatic heterocycles. The zero-order valence-corrected chi connectivity index (χ0v) is 77.8. The predicted molar refractivity (Wildman–Crippen MR) is 579 cm³/mol. The molecular formula is C128H104N8. The second kappa shape index (κ2) is 31.0. The van der Waals surface area contributed by atoms with Gasteiger partial charge in [-0.2, -0.15) is 0 Å². The van der Waals surface area contributed by atoms with Gasteiger partial charge >= 0.3 is 0 Å². The van der Waals surface area contributed by atoms with Crippen LogP contribution in [0.5, 0.6) is 0 Å². The summed E-state index contributed by atoms with van der Waals surface area (Å²) in [5.41, 5.74) is 34.7. The highest BCUT2D eigenvalue weighted by Gasteiger charge is 2.33. The molecule has 0 amide bonds. The van der Waals surface area contributed by atoms with E-state index in [0.717, 1.165) is 34.1 Å². The van der Waals surface area contributed by atoms with Gasteiger partial charge in [-0.05, 0) is 240 Å². The molecule has 26 aromatic rings. The van der Waals surface area contributed by atoms with Crippen molar-refractivity contribution < 1.29 is 0 Å². The van der Waals surface area contributed by atoms with Gasteiger partial charge in [0.2, 0.25) is 0 Å². The molecule has 136 heavy (non-hydrogen) atoms. The number of hydrogen-bond acceptors (Lipinski definition) is 4. The summed E-state index contributed by atoms with van der Waals surface area (Å²) in [6.45, 7) is 13.7. The van der Waals surface area contributed by atoms with E-state index < -0.39 is 0 Å². The standard InChI is InChI=1S/C66H54N4.C62H50N4/c1-5-17-43(18-6-1)45-33-37-49(38-34-45)67(47-21-9-3-10-22-47)57-29-15-31-59-63(57)53-27-13-25-51-55-42-62-56(41-61(55)69(59)65(51)53)52-26-14-28-54-64-58(30-16-32-60(64)70(62)66(52)54)68(48-23-11-4-12-24-48)50-39-35-46(36-40-50)44-19-7-2-8-20-44;1-61(2,3)39-29-33-43(34-30-39)63(41-17-9-7-10-18-41)51-25-15-27-53-57(51)47-23-13-21-45-49-38-56-50(37-55(49)65(53)59(45)47)46-22-14-24-48-58-52(26-16-28-54(58)66(56)60(46)48)64(42-19-11-8-12-20-42)44-35-31-40(32-36-44)62(4,5)6/h3-4,9-16,21-44H,1-2,5-8,17-20H2;7-38H,1-6H3. The normalized spacial score (nSPS) is 14.0. The summed E-state index contributed by atoms with van der Waals surface area (Å²) in [6, 6.07) is 146. The molecule has 2 saturated carbocycles. The van der Waals surface area contributed by atoms with E-state index in [1.54, 1.807) is 0 Å². The summed E-state index contributed by atoms with van der Waals surface area (Å²) in [5.74, 6) is 1.34. The van der Waals surface area contributed by atoms with Crippen molar-refractivity contribution in [2.24, 2.45) is 0 Å². The van der Waals surface area contributed by atoms with E-state index in [2.05, 4.69) is 467 Å². The molecule has 8 aromatic heterocycles. The SMILES string of the molecule is CC(C)(C)c1ccc(N(c2ccccc2)c2cccc3c2c2cccc4c5cc6c(cc5n3c42)c2cccc3c4c(N(c5ccccc5)c5ccc(C(C)(C)C)cc5)cccc4n6c23)cc1.c1ccc(N(c2ccc(C3CCCCC3)cc2)c2cccc3c2c2cccc4c5cc6c(cc5n3c42)c2cccc3c4c(N(c5ccccc5)c5ccc(C7CCCCC7)cc5)cccc4n6c23)cc1. The number of benzene rings is 18. The third-order valence-electron chi connectivity index (χ3n) is 31.0. The molecule has 18 aromatic carbocycles. The Hall–Kier alpha value is -15.6. The maximum absolute atomic E-state index is 2.57. The molecule has 0 saturated heterocycles. The van der Waals surface area contributed by atoms with Gasteiger partial charge in [-0.25, -0.2) is 0 Å². The van der Waals surface area contributed by atoms with Crippen molar-refractivity contribution in [3.05, 3.63) is 411 Å². The van der Waals surface area contributed by atoms with Gasteiger partial charge in [0.15, 0.2) is 0 Å². The molecule has 0 atom stereocenters. The first kappa shape index (κ1) is 80.0. The average molecular weight is 1750 g/mol. The Kier molecular flexibility index (Phi) is 18.2. The van der Waals surface area contributed by atoms with Crippen molar-refractivity contribution in [1.29, 1.82) is 0 Å². The van der Waals surface area contributed by atoms with E-state index in [1.807, 2.05) is 0 Å². The highest BCUT2D eigenvalue weighted by molar-refractivity contribution is 6.34. The molecule has 0 bridgehead atoms. The summed E-state index contributed by atoms with van der Waals surface area (Å²) in [7, 11) is 0. The van der Waals surface area contributed by atoms with Gasteiger partial charge in [-0.15, -0.1) is 0 Å². The number of rotatable bonds is 14. The molecule has 28 rings (SSSR count). The molecule has 2 aliphatic carbocycles. The molecule has 2 aliphatic rings. The van der Waals surface area contributed by atoms with Crippen LogP contribution in [0.3, 0.4) is 0 Å². The molecule has 2 fully saturated rings. The Morgan fingerprint density at radius 2 is 0.404 bits per heavy atom. The second-order valence-corrected chi connectivity index (χ2v) is 40.7. The van der Waals surface area contributed by atoms with E-state index in [-0.39, 0.29) is 10.8 Å². The zero-order chi connectivity index (χ0) is 90.5. The van der Waals surface area contributed by atoms with Crippen molar-refractivity contribution in [2.45, 2.75) is 128 Å². The van der Waals surface area contributed by atoms with Crippen molar-refractivity contribution in [3.8, 4) is 0 Å². The molecule has 656 valence electrons. The predicted octanol–water partition coefficient (Wildman–Crippen LogP) is 36.5. The Labute approximate surface area is 791 Å². The van der Waals surface area contributed by atoms with Crippen molar-refractivity contribution in [3.63, 3.8) is 0 Å². The van der Waals surface area contributed by atoms with E-state index in [1.165, 1.54) is 273 Å². The number of hydrogen-bond donors (Lipinski definition) is 0. The molecule has 8 heterocycles. The van der Waals surface area contributed by atoms with Crippen LogP contribution in [0.2, 0.25) is 0 Å². The number of anilines is 12. The number of fused-ring (bicyclic) bond motifs is 24. The van der Waals surface area contributed by atoms with Crippen LogP contribution in [0.1, 0.15) is 140 Å². The first-order valence-electron chi connectivity index (χ1n) is 49.3. The van der Waals surface area contributed by atoms with Crippen LogP contribution in [0.25, 0.3) is 152 Å². The minimum atomic E-state index is 0.0670. The van der Waals surface area contributed by atoms with Gasteiger partial charge in [-0.1, -0.05) is 298 Å². The largest absolute Gasteiger partial charge is 0.310 e. The lowest BCUT2D eigenvalue weighted by Crippen LogP contribution is -2.13. The fourth-order valence-corrected chi connectivity index (χ4v) is 24.7. The second-order valence-electron chi connectivity index (χ2n) is 40.7. The molecular weight excluding hydrogens is 1650 g/mol. The van der Waals surface area contributed by atoms with Crippen LogP contribution in [-0.4, -0.2) is 17.6 Å². The lowest BCUT2D eigenvalue weighted by molar-refractivity contribution is 0.443. The first-order chi connectivity index (χ1) is 66.8. The van der Waals surface area contributed by atoms with Crippen molar-refractivity contribution >= 4 is 221 Å². The molecule has 0 N–H and O–H groups in total. The number of para-hydroxylation sites is 8. The van der Waals surface area contributed by atoms with Crippen LogP contribution >= 0.6 is 0 Å². The van der Waals surface area contributed by atoms with E-state index >= 15 is 0 Å². The average Bonchev–Trinajstić information content (AvgIpc) is 1.52. The lowest BCUT2D eigenvalue weighted by atomic mass is 9.84. The van der Waals surface area contributed by atoms with Crippen molar-refractivity contribution in [1.82, 2.24) is 17.6 Å². The van der Waals surface area contributed by atoms with E-state index in [0.29, 0.717) is 11.8 Å². The fourth-order valence-electron chi connectivity index (χ4n) is 24.7. The van der Waals surface area contributed by atoms with Crippen LogP contribution in [0.4, 0.5) is 68.2 Å². The van der Waals surface area contributed by atoms with Gasteiger partial charge in [-0.3, -0.25) is 0 Å². The molecule has 0 radical (unpaired) electrons. The van der Waals surface area contributed by atoms with Crippen LogP contribution < -0.4 is 19.6 Å². The Balaban J connectivity index is 0.000000138. The van der Waals surface area contributed by atoms with Crippen LogP contribution in [0, 0.1) is 0 Å². The van der Waals surface area contributed by atoms with Gasteiger partial charge < -0.3 is 37.2 Å². The monoisotopic (exact) mass is 1750 g/mol. The zero-order valence-electron chi connectivity index (χ0n) is 77.8. The summed E-state index contributed by atoms with van der Waals surface area (Å²) in [5, 5.41) is 20.4. The highest BCUT2D eigenvalue weighted by Crippen LogP contribution is 2.55. The van der Waals surface area contributed by atoms with Gasteiger partial charge in [0.25, 0.3) is 0 Å². The third-order valence-corrected chi connectivity index (χ3v) is 31.0. The quantitative estimate of drug-likeness (QED) is 0.109. The first-order valence-corrected chi connectivity index (χ1v) is 49.3. The maximum atomic E-state index is 2.57. The minimum Gasteiger partial charge on any atom is -0.310 e. The molecule has 8 heteroatoms. The Bertz CT molecular complexity index is 8570. The molecule has 0 unspecified atom stereocenters. The van der Waals surface area contributed by atoms with Crippen LogP contribution in [0.15, 0.2) is 388 Å². The van der Waals surface area contributed by atoms with Crippen LogP contribution in [-0.2, 0) is 10.8 Å². The number of aromatic nitrogens is 4. The Morgan fingerprint density at radius 3 is 0.640 bits per heavy atom. The van der Waals surface area contributed by atoms with Gasteiger partial charge in [0, 0.05) is 132 Å². The summed E-state index contributed by atoms with van der Waals surface area (Å²) in [6.07, 6.45) is 13.3. The lowest BCUT2D eigenvalue weighted by Gasteiger charge is -2.27. The highest BCUT2D eigenvalue weighted by atomic mass is 15.2. The maximum Gasteiger partial charge on any atom is 0.0621 e. The summed E-state index contributed by atoms with van der Waals surface area (Å²) >= 11 is 0. The summed E-state index contributed by atoms with van der Waals surface area (Å²) in [4.78, 5) is 9.83. The fraction of sp³-hybridized carbons (Fsp3) is 0.156. The minimum absolute atomic E-state index is 0.0670. The third kappa shape index (κ3) is 12.3. The van der Waals surface area contributed by atoms with E-state index in [4.69, 9.17) is 0 Å². The summed E-state index contributed by atoms with van der Waals surface area (Å²) < 4.78 is 10.2. The van der Waals surface area contributed by atoms with Crippen molar-refractivity contribution in [2.75, 3.05) is 19.6 Å². The van der Waals surface area contributed by atoms with Gasteiger partial charge in [0.1, 0.15) is 0 Å². The smallest absolute Gasteiger partial charge is 0.0621 e. The van der Waals surface area contributed by atoms with Gasteiger partial charge in [0.05, 0.1) is 88.9 Å². The topological polar surface area (TPSA) is 30.6 Å². The Morgan fingerprint density at radius 1 is 0.191 bits per heavy atom. The molecule has 8 nitrogen and oxygen atoms in total. The molecule has 0 spiro atoms.